The van der Waals surface area contributed by atoms with Crippen LogP contribution in [-0.4, -0.2) is 25.8 Å². The Morgan fingerprint density at radius 2 is 2.15 bits per heavy atom. The van der Waals surface area contributed by atoms with Gasteiger partial charge in [-0.15, -0.1) is 0 Å². The first-order valence-corrected chi connectivity index (χ1v) is 6.00. The molecule has 5 nitrogen and oxygen atoms in total. The van der Waals surface area contributed by atoms with Crippen LogP contribution in [-0.2, 0) is 12.7 Å². The predicted molar refractivity (Wildman–Crippen MR) is 67.1 cm³/mol. The van der Waals surface area contributed by atoms with E-state index in [1.807, 2.05) is 20.0 Å². The molecule has 0 amide bonds. The number of aromatic nitrogens is 4. The minimum Gasteiger partial charge on any atom is -0.350 e. The number of rotatable bonds is 4. The van der Waals surface area contributed by atoms with Crippen molar-refractivity contribution >= 4 is 5.95 Å². The second-order valence-corrected chi connectivity index (χ2v) is 4.55. The van der Waals surface area contributed by atoms with Gasteiger partial charge in [0.25, 0.3) is 0 Å². The summed E-state index contributed by atoms with van der Waals surface area (Å²) in [4.78, 5) is 7.24. The van der Waals surface area contributed by atoms with E-state index >= 15 is 0 Å². The summed E-state index contributed by atoms with van der Waals surface area (Å²) in [6.07, 6.45) is 0.184. The summed E-state index contributed by atoms with van der Waals surface area (Å²) in [5.41, 5.74) is 0.0599. The van der Waals surface area contributed by atoms with Crippen molar-refractivity contribution in [2.24, 2.45) is 0 Å². The van der Waals surface area contributed by atoms with Crippen LogP contribution >= 0.6 is 0 Å². The number of hydrogen-bond acceptors (Lipinski definition) is 4. The van der Waals surface area contributed by atoms with E-state index in [9.17, 15) is 13.2 Å². The van der Waals surface area contributed by atoms with Gasteiger partial charge in [0.15, 0.2) is 0 Å². The van der Waals surface area contributed by atoms with Gasteiger partial charge in [-0.05, 0) is 25.5 Å². The topological polar surface area (TPSA) is 55.6 Å². The van der Waals surface area contributed by atoms with Crippen molar-refractivity contribution in [2.75, 3.05) is 5.32 Å². The highest BCUT2D eigenvalue weighted by atomic mass is 19.4. The van der Waals surface area contributed by atoms with Crippen LogP contribution < -0.4 is 5.32 Å². The Labute approximate surface area is 113 Å². The highest BCUT2D eigenvalue weighted by Gasteiger charge is 2.32. The summed E-state index contributed by atoms with van der Waals surface area (Å²) in [5, 5.41) is 6.94. The third-order valence-electron chi connectivity index (χ3n) is 2.54. The Morgan fingerprint density at radius 3 is 2.75 bits per heavy atom. The van der Waals surface area contributed by atoms with E-state index in [2.05, 4.69) is 20.4 Å². The minimum absolute atomic E-state index is 0.0452. The van der Waals surface area contributed by atoms with Crippen LogP contribution in [0, 0.1) is 6.92 Å². The first-order chi connectivity index (χ1) is 9.34. The summed E-state index contributed by atoms with van der Waals surface area (Å²) >= 11 is 0. The summed E-state index contributed by atoms with van der Waals surface area (Å²) in [6, 6.07) is 0.685. The van der Waals surface area contributed by atoms with Gasteiger partial charge in [-0.25, -0.2) is 9.97 Å². The van der Waals surface area contributed by atoms with Crippen LogP contribution in [0.3, 0.4) is 0 Å². The van der Waals surface area contributed by atoms with Gasteiger partial charge >= 0.3 is 6.18 Å². The second-order valence-electron chi connectivity index (χ2n) is 4.55. The average molecular weight is 285 g/mol. The van der Waals surface area contributed by atoms with Crippen molar-refractivity contribution in [3.8, 4) is 0 Å². The molecule has 0 aliphatic heterocycles. The lowest BCUT2D eigenvalue weighted by Gasteiger charge is -2.14. The lowest BCUT2D eigenvalue weighted by molar-refractivity contribution is -0.141. The molecule has 8 heteroatoms. The molecule has 0 aliphatic rings. The Balaban J connectivity index is 2.02. The lowest BCUT2D eigenvalue weighted by atomic mass is 10.3. The second kappa shape index (κ2) is 5.48. The van der Waals surface area contributed by atoms with Gasteiger partial charge < -0.3 is 5.32 Å². The zero-order chi connectivity index (χ0) is 14.8. The standard InChI is InChI=1S/C12H14F3N5/c1-8-5-17-20(6-8)7-9(2)18-11-16-4-3-10(19-11)12(13,14)15/h3-6,9H,7H2,1-2H3,(H,16,18,19)/t9-/m1/s1. The molecule has 108 valence electrons. The molecule has 20 heavy (non-hydrogen) atoms. The molecular formula is C12H14F3N5. The highest BCUT2D eigenvalue weighted by molar-refractivity contribution is 5.27. The number of aryl methyl sites for hydroxylation is 1. The minimum atomic E-state index is -4.47. The van der Waals surface area contributed by atoms with Crippen LogP contribution in [0.5, 0.6) is 0 Å². The van der Waals surface area contributed by atoms with Crippen LogP contribution in [0.1, 0.15) is 18.2 Å². The summed E-state index contributed by atoms with van der Waals surface area (Å²) in [6.45, 7) is 4.24. The van der Waals surface area contributed by atoms with Gasteiger partial charge in [0.2, 0.25) is 5.95 Å². The fourth-order valence-electron chi connectivity index (χ4n) is 1.70. The van der Waals surface area contributed by atoms with Gasteiger partial charge in [0.1, 0.15) is 5.69 Å². The molecular weight excluding hydrogens is 271 g/mol. The number of halogens is 3. The van der Waals surface area contributed by atoms with Crippen molar-refractivity contribution in [2.45, 2.75) is 32.6 Å². The molecule has 0 saturated heterocycles. The molecule has 2 heterocycles. The maximum absolute atomic E-state index is 12.5. The molecule has 2 aromatic heterocycles. The van der Waals surface area contributed by atoms with E-state index in [-0.39, 0.29) is 12.0 Å². The number of nitrogens with one attached hydrogen (secondary N) is 1. The first-order valence-electron chi connectivity index (χ1n) is 6.00. The number of hydrogen-bond donors (Lipinski definition) is 1. The lowest BCUT2D eigenvalue weighted by Crippen LogP contribution is -2.24. The zero-order valence-corrected chi connectivity index (χ0v) is 11.0. The molecule has 0 aliphatic carbocycles. The van der Waals surface area contributed by atoms with Crippen molar-refractivity contribution in [3.63, 3.8) is 0 Å². The third-order valence-corrected chi connectivity index (χ3v) is 2.54. The SMILES string of the molecule is Cc1cnn(C[C@@H](C)Nc2nccc(C(F)(F)F)n2)c1. The van der Waals surface area contributed by atoms with E-state index in [0.717, 1.165) is 17.8 Å². The van der Waals surface area contributed by atoms with E-state index in [1.54, 1.807) is 10.9 Å². The normalized spacial score (nSPS) is 13.2. The van der Waals surface area contributed by atoms with Crippen LogP contribution in [0.15, 0.2) is 24.7 Å². The van der Waals surface area contributed by atoms with Gasteiger partial charge in [-0.2, -0.15) is 18.3 Å². The maximum Gasteiger partial charge on any atom is 0.433 e. The summed E-state index contributed by atoms with van der Waals surface area (Å²) in [7, 11) is 0. The van der Waals surface area contributed by atoms with Crippen molar-refractivity contribution in [1.82, 2.24) is 19.7 Å². The molecule has 1 N–H and O–H groups in total. The smallest absolute Gasteiger partial charge is 0.350 e. The van der Waals surface area contributed by atoms with E-state index in [4.69, 9.17) is 0 Å². The Hall–Kier alpha value is -2.12. The monoisotopic (exact) mass is 285 g/mol. The van der Waals surface area contributed by atoms with E-state index in [1.165, 1.54) is 0 Å². The molecule has 0 spiro atoms. The molecule has 0 bridgehead atoms. The zero-order valence-electron chi connectivity index (χ0n) is 11.0. The van der Waals surface area contributed by atoms with Gasteiger partial charge in [-0.3, -0.25) is 4.68 Å². The number of nitrogens with zero attached hydrogens (tertiary/aromatic N) is 4. The molecule has 0 fully saturated rings. The molecule has 2 aromatic rings. The average Bonchev–Trinajstić information content (AvgIpc) is 2.73. The van der Waals surface area contributed by atoms with Crippen LogP contribution in [0.4, 0.5) is 19.1 Å². The van der Waals surface area contributed by atoms with Crippen molar-refractivity contribution in [1.29, 1.82) is 0 Å². The Kier molecular flexibility index (Phi) is 3.91. The first kappa shape index (κ1) is 14.3. The van der Waals surface area contributed by atoms with Crippen LogP contribution in [0.2, 0.25) is 0 Å². The molecule has 0 aromatic carbocycles. The van der Waals surface area contributed by atoms with Gasteiger partial charge in [0.05, 0.1) is 12.7 Å². The maximum atomic E-state index is 12.5. The molecule has 0 radical (unpaired) electrons. The quantitative estimate of drug-likeness (QED) is 0.937. The molecule has 1 atom stereocenters. The molecule has 0 unspecified atom stereocenters. The fourth-order valence-corrected chi connectivity index (χ4v) is 1.70. The predicted octanol–water partition coefficient (Wildman–Crippen LogP) is 2.50. The Morgan fingerprint density at radius 1 is 1.40 bits per heavy atom. The number of alkyl halides is 3. The summed E-state index contributed by atoms with van der Waals surface area (Å²) < 4.78 is 39.3. The Bertz CT molecular complexity index is 578. The largest absolute Gasteiger partial charge is 0.433 e. The third kappa shape index (κ3) is 3.69. The number of anilines is 1. The van der Waals surface area contributed by atoms with Crippen molar-refractivity contribution < 1.29 is 13.2 Å². The highest BCUT2D eigenvalue weighted by Crippen LogP contribution is 2.27. The van der Waals surface area contributed by atoms with Gasteiger partial charge in [-0.1, -0.05) is 0 Å². The molecule has 0 saturated carbocycles. The molecule has 2 rings (SSSR count). The van der Waals surface area contributed by atoms with E-state index < -0.39 is 11.9 Å². The van der Waals surface area contributed by atoms with Crippen molar-refractivity contribution in [3.05, 3.63) is 35.9 Å². The summed E-state index contributed by atoms with van der Waals surface area (Å²) in [5.74, 6) is -0.0452. The van der Waals surface area contributed by atoms with E-state index in [0.29, 0.717) is 6.54 Å². The van der Waals surface area contributed by atoms with Gasteiger partial charge in [0, 0.05) is 18.4 Å². The fraction of sp³-hybridized carbons (Fsp3) is 0.417. The van der Waals surface area contributed by atoms with Crippen LogP contribution in [0.25, 0.3) is 0 Å².